The van der Waals surface area contributed by atoms with E-state index in [1.54, 1.807) is 42.7 Å². The van der Waals surface area contributed by atoms with Crippen LogP contribution in [-0.4, -0.2) is 44.4 Å². The summed E-state index contributed by atoms with van der Waals surface area (Å²) in [6, 6.07) is 8.36. The lowest BCUT2D eigenvalue weighted by Crippen LogP contribution is -2.36. The number of benzene rings is 1. The number of pyridine rings is 1. The summed E-state index contributed by atoms with van der Waals surface area (Å²) in [6.45, 7) is 2.51. The van der Waals surface area contributed by atoms with E-state index in [-0.39, 0.29) is 5.82 Å². The number of esters is 1. The first-order valence-corrected chi connectivity index (χ1v) is 8.01. The highest BCUT2D eigenvalue weighted by molar-refractivity contribution is 6.21. The maximum atomic E-state index is 14.5. The molecule has 0 unspecified atom stereocenters. The zero-order valence-corrected chi connectivity index (χ0v) is 13.9. The molecule has 1 aromatic heterocycles. The third kappa shape index (κ3) is 4.03. The van der Waals surface area contributed by atoms with Gasteiger partial charge in [0, 0.05) is 25.5 Å². The summed E-state index contributed by atoms with van der Waals surface area (Å²) in [6.07, 6.45) is 4.80. The number of anilines is 1. The quantitative estimate of drug-likeness (QED) is 0.632. The Morgan fingerprint density at radius 2 is 1.96 bits per heavy atom. The van der Waals surface area contributed by atoms with E-state index < -0.39 is 5.97 Å². The summed E-state index contributed by atoms with van der Waals surface area (Å²) in [7, 11) is 1.32. The second-order valence-electron chi connectivity index (χ2n) is 5.60. The number of nitrogens with zero attached hydrogens (tertiary/aromatic N) is 2. The van der Waals surface area contributed by atoms with Crippen LogP contribution in [0.2, 0.25) is 0 Å². The predicted molar refractivity (Wildman–Crippen MR) is 93.6 cm³/mol. The Balaban J connectivity index is 1.92. The Morgan fingerprint density at radius 3 is 2.60 bits per heavy atom. The molecule has 3 rings (SSSR count). The van der Waals surface area contributed by atoms with Gasteiger partial charge in [-0.2, -0.15) is 0 Å². The highest BCUT2D eigenvalue weighted by atomic mass is 19.1. The van der Waals surface area contributed by atoms with Gasteiger partial charge in [0.2, 0.25) is 0 Å². The van der Waals surface area contributed by atoms with Gasteiger partial charge in [0.15, 0.2) is 0 Å². The Kier molecular flexibility index (Phi) is 5.40. The minimum atomic E-state index is -0.483. The first kappa shape index (κ1) is 17.1. The van der Waals surface area contributed by atoms with Gasteiger partial charge in [0.1, 0.15) is 5.82 Å². The molecule has 0 amide bonds. The second kappa shape index (κ2) is 7.90. The number of methoxy groups -OCH3 is 1. The molecule has 1 aliphatic heterocycles. The second-order valence-corrected chi connectivity index (χ2v) is 5.60. The highest BCUT2D eigenvalue weighted by Gasteiger charge is 2.16. The zero-order chi connectivity index (χ0) is 17.6. The minimum absolute atomic E-state index is 0.324. The van der Waals surface area contributed by atoms with Crippen molar-refractivity contribution in [3.63, 3.8) is 0 Å². The molecular formula is C19H19FN2O3. The first-order valence-electron chi connectivity index (χ1n) is 8.01. The average Bonchev–Trinajstić information content (AvgIpc) is 2.67. The van der Waals surface area contributed by atoms with Crippen LogP contribution in [0.5, 0.6) is 0 Å². The lowest BCUT2D eigenvalue weighted by molar-refractivity contribution is -0.133. The van der Waals surface area contributed by atoms with Gasteiger partial charge in [-0.3, -0.25) is 4.98 Å². The van der Waals surface area contributed by atoms with Crippen molar-refractivity contribution in [1.82, 2.24) is 4.98 Å². The van der Waals surface area contributed by atoms with Crippen LogP contribution in [0.3, 0.4) is 0 Å². The molecule has 1 aliphatic rings. The van der Waals surface area contributed by atoms with E-state index >= 15 is 0 Å². The largest absolute Gasteiger partial charge is 0.465 e. The molecule has 1 fully saturated rings. The smallest absolute Gasteiger partial charge is 0.338 e. The fourth-order valence-electron chi connectivity index (χ4n) is 2.74. The Hall–Kier alpha value is -2.73. The fourth-order valence-corrected chi connectivity index (χ4v) is 2.74. The molecule has 0 atom stereocenters. The normalized spacial score (nSPS) is 15.1. The molecule has 0 saturated carbocycles. The van der Waals surface area contributed by atoms with E-state index in [1.807, 2.05) is 4.90 Å². The van der Waals surface area contributed by atoms with Gasteiger partial charge in [0.25, 0.3) is 0 Å². The van der Waals surface area contributed by atoms with Gasteiger partial charge in [-0.05, 0) is 41.5 Å². The van der Waals surface area contributed by atoms with Crippen molar-refractivity contribution in [1.29, 1.82) is 0 Å². The molecule has 2 heterocycles. The molecule has 25 heavy (non-hydrogen) atoms. The van der Waals surface area contributed by atoms with Gasteiger partial charge in [-0.15, -0.1) is 0 Å². The molecular weight excluding hydrogens is 323 g/mol. The summed E-state index contributed by atoms with van der Waals surface area (Å²) in [5, 5.41) is 0. The molecule has 0 N–H and O–H groups in total. The van der Waals surface area contributed by atoms with Crippen molar-refractivity contribution < 1.29 is 18.7 Å². The summed E-state index contributed by atoms with van der Waals surface area (Å²) >= 11 is 0. The molecule has 6 heteroatoms. The third-order valence-corrected chi connectivity index (χ3v) is 4.03. The van der Waals surface area contributed by atoms with Crippen LogP contribution in [0, 0.1) is 5.82 Å². The van der Waals surface area contributed by atoms with Crippen molar-refractivity contribution in [3.8, 4) is 0 Å². The molecule has 0 aliphatic carbocycles. The van der Waals surface area contributed by atoms with Crippen molar-refractivity contribution in [2.45, 2.75) is 0 Å². The number of hydrogen-bond donors (Lipinski definition) is 0. The summed E-state index contributed by atoms with van der Waals surface area (Å²) < 4.78 is 24.7. The van der Waals surface area contributed by atoms with Crippen molar-refractivity contribution >= 4 is 23.3 Å². The van der Waals surface area contributed by atoms with Crippen LogP contribution in [0.4, 0.5) is 10.1 Å². The lowest BCUT2D eigenvalue weighted by Gasteiger charge is -2.29. The zero-order valence-electron chi connectivity index (χ0n) is 13.9. The SMILES string of the molecule is COC(=O)/C(=C/c1ccc(N2CCOCC2)c(F)c1)c1ccncc1. The number of carbonyl (C=O) groups is 1. The van der Waals surface area contributed by atoms with E-state index in [1.165, 1.54) is 13.2 Å². The van der Waals surface area contributed by atoms with Gasteiger partial charge < -0.3 is 14.4 Å². The molecule has 0 bridgehead atoms. The molecule has 0 spiro atoms. The summed E-state index contributed by atoms with van der Waals surface area (Å²) in [5.41, 5.74) is 2.15. The fraction of sp³-hybridized carbons (Fsp3) is 0.263. The highest BCUT2D eigenvalue weighted by Crippen LogP contribution is 2.25. The molecule has 1 saturated heterocycles. The third-order valence-electron chi connectivity index (χ3n) is 4.03. The van der Waals surface area contributed by atoms with Crippen LogP contribution in [0.25, 0.3) is 11.6 Å². The van der Waals surface area contributed by atoms with Crippen LogP contribution >= 0.6 is 0 Å². The Morgan fingerprint density at radius 1 is 1.24 bits per heavy atom. The molecule has 1 aromatic carbocycles. The lowest BCUT2D eigenvalue weighted by atomic mass is 10.0. The number of ether oxygens (including phenoxy) is 2. The number of hydrogen-bond acceptors (Lipinski definition) is 5. The maximum Gasteiger partial charge on any atom is 0.338 e. The van der Waals surface area contributed by atoms with Crippen molar-refractivity contribution in [2.24, 2.45) is 0 Å². The molecule has 2 aromatic rings. The van der Waals surface area contributed by atoms with Crippen LogP contribution in [-0.2, 0) is 14.3 Å². The van der Waals surface area contributed by atoms with E-state index in [4.69, 9.17) is 9.47 Å². The van der Waals surface area contributed by atoms with Crippen LogP contribution in [0.15, 0.2) is 42.7 Å². The number of morpholine rings is 1. The van der Waals surface area contributed by atoms with E-state index in [0.717, 1.165) is 0 Å². The molecule has 130 valence electrons. The topological polar surface area (TPSA) is 51.7 Å². The van der Waals surface area contributed by atoms with Gasteiger partial charge in [-0.25, -0.2) is 9.18 Å². The van der Waals surface area contributed by atoms with Gasteiger partial charge in [0.05, 0.1) is 31.6 Å². The minimum Gasteiger partial charge on any atom is -0.465 e. The predicted octanol–water partition coefficient (Wildman–Crippen LogP) is 2.77. The summed E-state index contributed by atoms with van der Waals surface area (Å²) in [5.74, 6) is -0.807. The van der Waals surface area contributed by atoms with Crippen molar-refractivity contribution in [2.75, 3.05) is 38.3 Å². The molecule has 5 nitrogen and oxygen atoms in total. The number of rotatable bonds is 4. The number of halogens is 1. The Labute approximate surface area is 145 Å². The maximum absolute atomic E-state index is 14.5. The summed E-state index contributed by atoms with van der Waals surface area (Å²) in [4.78, 5) is 18.0. The van der Waals surface area contributed by atoms with Crippen LogP contribution < -0.4 is 4.90 Å². The van der Waals surface area contributed by atoms with E-state index in [9.17, 15) is 9.18 Å². The molecule has 0 radical (unpaired) electrons. The van der Waals surface area contributed by atoms with Gasteiger partial charge >= 0.3 is 5.97 Å². The van der Waals surface area contributed by atoms with E-state index in [0.29, 0.717) is 48.7 Å². The van der Waals surface area contributed by atoms with Gasteiger partial charge in [-0.1, -0.05) is 6.07 Å². The Bertz CT molecular complexity index is 771. The van der Waals surface area contributed by atoms with E-state index in [2.05, 4.69) is 4.98 Å². The number of carbonyl (C=O) groups excluding carboxylic acids is 1. The van der Waals surface area contributed by atoms with Crippen molar-refractivity contribution in [3.05, 3.63) is 59.7 Å². The van der Waals surface area contributed by atoms with Crippen LogP contribution in [0.1, 0.15) is 11.1 Å². The number of aromatic nitrogens is 1. The standard InChI is InChI=1S/C19H19FN2O3/c1-24-19(23)16(15-4-6-21-7-5-15)12-14-2-3-18(17(20)13-14)22-8-10-25-11-9-22/h2-7,12-13H,8-11H2,1H3/b16-12+. The first-order chi connectivity index (χ1) is 12.2. The monoisotopic (exact) mass is 342 g/mol. The average molecular weight is 342 g/mol.